The fraction of sp³-hybridized carbons (Fsp3) is 0.778. The molecule has 2 atom stereocenters. The number of halogens is 4. The van der Waals surface area contributed by atoms with Gasteiger partial charge in [0.15, 0.2) is 0 Å². The lowest BCUT2D eigenvalue weighted by atomic mass is 9.78. The first kappa shape index (κ1) is 11.9. The van der Waals surface area contributed by atoms with E-state index in [-0.39, 0.29) is 17.0 Å². The summed E-state index contributed by atoms with van der Waals surface area (Å²) in [5.74, 6) is -1.95. The first-order valence-corrected chi connectivity index (χ1v) is 5.83. The molecule has 0 aliphatic heterocycles. The average Bonchev–Trinajstić information content (AvgIpc) is 2.64. The fourth-order valence-electron chi connectivity index (χ4n) is 2.19. The highest BCUT2D eigenvalue weighted by atomic mass is 79.9. The normalized spacial score (nSPS) is 27.0. The smallest absolute Gasteiger partial charge is 0.338 e. The Morgan fingerprint density at radius 1 is 1.25 bits per heavy atom. The molecule has 1 fully saturated rings. The van der Waals surface area contributed by atoms with Crippen molar-refractivity contribution in [3.05, 3.63) is 10.6 Å². The van der Waals surface area contributed by atoms with Crippen LogP contribution in [0.15, 0.2) is 9.26 Å². The molecule has 0 saturated heterocycles. The van der Waals surface area contributed by atoms with E-state index >= 15 is 0 Å². The van der Waals surface area contributed by atoms with Crippen molar-refractivity contribution in [2.75, 3.05) is 0 Å². The number of rotatable bonds is 1. The molecular formula is C9H10BrF3N2O. The third-order valence-corrected chi connectivity index (χ3v) is 3.24. The van der Waals surface area contributed by atoms with Gasteiger partial charge in [0.2, 0.25) is 10.6 Å². The molecule has 0 spiro atoms. The van der Waals surface area contributed by atoms with Crippen LogP contribution in [0.5, 0.6) is 0 Å². The Morgan fingerprint density at radius 3 is 2.50 bits per heavy atom. The van der Waals surface area contributed by atoms with Gasteiger partial charge in [-0.05, 0) is 33.9 Å². The van der Waals surface area contributed by atoms with Crippen LogP contribution in [-0.2, 0) is 0 Å². The van der Waals surface area contributed by atoms with Crippen LogP contribution in [0.25, 0.3) is 0 Å². The van der Waals surface area contributed by atoms with Crippen molar-refractivity contribution in [3.8, 4) is 0 Å². The van der Waals surface area contributed by atoms with Gasteiger partial charge in [-0.15, -0.1) is 0 Å². The second-order valence-electron chi connectivity index (χ2n) is 3.94. The molecule has 1 heterocycles. The fourth-order valence-corrected chi connectivity index (χ4v) is 2.43. The average molecular weight is 299 g/mol. The van der Waals surface area contributed by atoms with Crippen LogP contribution in [-0.4, -0.2) is 16.3 Å². The first-order valence-electron chi connectivity index (χ1n) is 5.04. The van der Waals surface area contributed by atoms with Crippen molar-refractivity contribution in [1.29, 1.82) is 0 Å². The van der Waals surface area contributed by atoms with E-state index in [0.717, 1.165) is 6.42 Å². The van der Waals surface area contributed by atoms with E-state index in [1.807, 2.05) is 0 Å². The summed E-state index contributed by atoms with van der Waals surface area (Å²) < 4.78 is 43.4. The molecule has 3 nitrogen and oxygen atoms in total. The summed E-state index contributed by atoms with van der Waals surface area (Å²) in [5.41, 5.74) is 0. The van der Waals surface area contributed by atoms with E-state index in [0.29, 0.717) is 12.8 Å². The van der Waals surface area contributed by atoms with Crippen LogP contribution < -0.4 is 0 Å². The Labute approximate surface area is 98.5 Å². The Hall–Kier alpha value is -0.590. The molecule has 1 aliphatic rings. The van der Waals surface area contributed by atoms with Crippen LogP contribution in [0.3, 0.4) is 0 Å². The molecule has 1 saturated carbocycles. The molecule has 90 valence electrons. The quantitative estimate of drug-likeness (QED) is 0.794. The number of nitrogens with zero attached hydrogens (tertiary/aromatic N) is 2. The summed E-state index contributed by atoms with van der Waals surface area (Å²) >= 11 is 2.97. The minimum Gasteiger partial charge on any atom is -0.338 e. The molecule has 0 radical (unpaired) electrons. The maximum Gasteiger partial charge on any atom is 0.392 e. The highest BCUT2D eigenvalue weighted by molar-refractivity contribution is 9.10. The summed E-state index contributed by atoms with van der Waals surface area (Å²) in [5, 5.41) is 3.47. The van der Waals surface area contributed by atoms with Gasteiger partial charge >= 0.3 is 6.18 Å². The van der Waals surface area contributed by atoms with E-state index in [2.05, 4.69) is 26.1 Å². The number of hydrogen-bond acceptors (Lipinski definition) is 3. The van der Waals surface area contributed by atoms with Gasteiger partial charge in [0.05, 0.1) is 5.92 Å². The van der Waals surface area contributed by atoms with Gasteiger partial charge in [0, 0.05) is 5.92 Å². The summed E-state index contributed by atoms with van der Waals surface area (Å²) in [6.45, 7) is 0. The standard InChI is InChI=1S/C9H10BrF3N2O/c10-8-14-7(16-15-8)5-3-1-2-4-6(5)9(11,12)13/h5-6H,1-4H2. The van der Waals surface area contributed by atoms with Crippen LogP contribution >= 0.6 is 15.9 Å². The van der Waals surface area contributed by atoms with E-state index in [4.69, 9.17) is 4.52 Å². The summed E-state index contributed by atoms with van der Waals surface area (Å²) in [6, 6.07) is 0. The molecule has 0 bridgehead atoms. The molecular weight excluding hydrogens is 289 g/mol. The SMILES string of the molecule is FC(F)(F)C1CCCCC1c1nc(Br)no1. The molecule has 0 aromatic carbocycles. The Balaban J connectivity index is 2.23. The van der Waals surface area contributed by atoms with Gasteiger partial charge in [-0.2, -0.15) is 18.2 Å². The van der Waals surface area contributed by atoms with E-state index in [1.54, 1.807) is 0 Å². The minimum atomic E-state index is -4.19. The number of hydrogen-bond donors (Lipinski definition) is 0. The zero-order valence-electron chi connectivity index (χ0n) is 8.30. The Bertz CT molecular complexity index is 366. The van der Waals surface area contributed by atoms with Gasteiger partial charge in [0.25, 0.3) is 0 Å². The molecule has 0 N–H and O–H groups in total. The summed E-state index contributed by atoms with van der Waals surface area (Å²) in [4.78, 5) is 3.84. The van der Waals surface area contributed by atoms with Gasteiger partial charge in [-0.3, -0.25) is 0 Å². The summed E-state index contributed by atoms with van der Waals surface area (Å²) in [7, 11) is 0. The van der Waals surface area contributed by atoms with Crippen molar-refractivity contribution in [1.82, 2.24) is 10.1 Å². The highest BCUT2D eigenvalue weighted by Gasteiger charge is 2.47. The Kier molecular flexibility index (Phi) is 3.23. The van der Waals surface area contributed by atoms with Crippen LogP contribution in [0.1, 0.15) is 37.5 Å². The van der Waals surface area contributed by atoms with Crippen molar-refractivity contribution < 1.29 is 17.7 Å². The molecule has 1 aromatic heterocycles. The van der Waals surface area contributed by atoms with Gasteiger partial charge in [-0.25, -0.2) is 0 Å². The van der Waals surface area contributed by atoms with Crippen LogP contribution in [0, 0.1) is 5.92 Å². The second kappa shape index (κ2) is 4.35. The molecule has 1 aliphatic carbocycles. The van der Waals surface area contributed by atoms with E-state index < -0.39 is 18.0 Å². The number of aromatic nitrogens is 2. The van der Waals surface area contributed by atoms with E-state index in [1.165, 1.54) is 0 Å². The topological polar surface area (TPSA) is 38.9 Å². The van der Waals surface area contributed by atoms with Crippen LogP contribution in [0.4, 0.5) is 13.2 Å². The third kappa shape index (κ3) is 2.39. The molecule has 0 amide bonds. The van der Waals surface area contributed by atoms with Crippen molar-refractivity contribution in [3.63, 3.8) is 0 Å². The molecule has 2 rings (SSSR count). The van der Waals surface area contributed by atoms with Gasteiger partial charge in [-0.1, -0.05) is 12.8 Å². The first-order chi connectivity index (χ1) is 7.48. The van der Waals surface area contributed by atoms with Crippen molar-refractivity contribution in [2.24, 2.45) is 5.92 Å². The van der Waals surface area contributed by atoms with E-state index in [9.17, 15) is 13.2 Å². The number of alkyl halides is 3. The van der Waals surface area contributed by atoms with Crippen molar-refractivity contribution in [2.45, 2.75) is 37.8 Å². The lowest BCUT2D eigenvalue weighted by Crippen LogP contribution is -2.31. The van der Waals surface area contributed by atoms with Crippen LogP contribution in [0.2, 0.25) is 0 Å². The zero-order chi connectivity index (χ0) is 11.8. The maximum absolute atomic E-state index is 12.8. The predicted octanol–water partition coefficient (Wildman–Crippen LogP) is 3.67. The molecule has 1 aromatic rings. The zero-order valence-corrected chi connectivity index (χ0v) is 9.88. The lowest BCUT2D eigenvalue weighted by Gasteiger charge is -2.30. The lowest BCUT2D eigenvalue weighted by molar-refractivity contribution is -0.189. The molecule has 16 heavy (non-hydrogen) atoms. The second-order valence-corrected chi connectivity index (χ2v) is 4.65. The predicted molar refractivity (Wildman–Crippen MR) is 52.8 cm³/mol. The van der Waals surface area contributed by atoms with Crippen molar-refractivity contribution >= 4 is 15.9 Å². The summed E-state index contributed by atoms with van der Waals surface area (Å²) in [6.07, 6.45) is -2.20. The third-order valence-electron chi connectivity index (χ3n) is 2.92. The largest absolute Gasteiger partial charge is 0.392 e. The molecule has 2 unspecified atom stereocenters. The van der Waals surface area contributed by atoms with Gasteiger partial charge in [0.1, 0.15) is 0 Å². The Morgan fingerprint density at radius 2 is 1.94 bits per heavy atom. The minimum absolute atomic E-state index is 0.0916. The highest BCUT2D eigenvalue weighted by Crippen LogP contribution is 2.45. The monoisotopic (exact) mass is 298 g/mol. The molecule has 7 heteroatoms. The maximum atomic E-state index is 12.8. The van der Waals surface area contributed by atoms with Gasteiger partial charge < -0.3 is 4.52 Å².